The van der Waals surface area contributed by atoms with Crippen LogP contribution in [-0.4, -0.2) is 60.1 Å². The number of carbonyl (C=O) groups is 1. The third-order valence-electron chi connectivity index (χ3n) is 3.99. The summed E-state index contributed by atoms with van der Waals surface area (Å²) in [5.74, 6) is 0.265. The van der Waals surface area contributed by atoms with Gasteiger partial charge in [0.25, 0.3) is 5.91 Å². The SMILES string of the molecule is Cc1cc(O)ccc1C(=O)N1CCCN(CCCN)CC1. The fourth-order valence-corrected chi connectivity index (χ4v) is 2.77. The number of aromatic hydroxyl groups is 1. The average molecular weight is 291 g/mol. The van der Waals surface area contributed by atoms with Crippen LogP contribution in [0.5, 0.6) is 5.75 Å². The van der Waals surface area contributed by atoms with E-state index in [4.69, 9.17) is 5.73 Å². The van der Waals surface area contributed by atoms with E-state index < -0.39 is 0 Å². The quantitative estimate of drug-likeness (QED) is 0.874. The molecular formula is C16H25N3O2. The summed E-state index contributed by atoms with van der Waals surface area (Å²) in [6, 6.07) is 4.92. The fraction of sp³-hybridized carbons (Fsp3) is 0.562. The Kier molecular flexibility index (Phi) is 5.59. The fourth-order valence-electron chi connectivity index (χ4n) is 2.77. The Hall–Kier alpha value is -1.59. The summed E-state index contributed by atoms with van der Waals surface area (Å²) >= 11 is 0. The van der Waals surface area contributed by atoms with E-state index in [2.05, 4.69) is 4.90 Å². The molecule has 1 aliphatic rings. The van der Waals surface area contributed by atoms with Gasteiger partial charge in [-0.2, -0.15) is 0 Å². The van der Waals surface area contributed by atoms with Crippen molar-refractivity contribution in [2.24, 2.45) is 5.73 Å². The zero-order valence-corrected chi connectivity index (χ0v) is 12.7. The van der Waals surface area contributed by atoms with Crippen molar-refractivity contribution in [2.45, 2.75) is 19.8 Å². The van der Waals surface area contributed by atoms with Crippen LogP contribution in [0.1, 0.15) is 28.8 Å². The maximum atomic E-state index is 12.6. The first-order chi connectivity index (χ1) is 10.1. The summed E-state index contributed by atoms with van der Waals surface area (Å²) in [6.45, 7) is 7.06. The number of nitrogens with zero attached hydrogens (tertiary/aromatic N) is 2. The number of aryl methyl sites for hydroxylation is 1. The van der Waals surface area contributed by atoms with Crippen LogP contribution in [-0.2, 0) is 0 Å². The topological polar surface area (TPSA) is 69.8 Å². The smallest absolute Gasteiger partial charge is 0.254 e. The molecule has 1 amide bonds. The lowest BCUT2D eigenvalue weighted by atomic mass is 10.1. The molecule has 2 rings (SSSR count). The van der Waals surface area contributed by atoms with E-state index in [1.807, 2.05) is 11.8 Å². The van der Waals surface area contributed by atoms with E-state index in [1.165, 1.54) is 0 Å². The number of amides is 1. The zero-order chi connectivity index (χ0) is 15.2. The molecule has 0 aromatic heterocycles. The van der Waals surface area contributed by atoms with Gasteiger partial charge in [0.15, 0.2) is 0 Å². The second kappa shape index (κ2) is 7.43. The average Bonchev–Trinajstić information content (AvgIpc) is 2.70. The summed E-state index contributed by atoms with van der Waals surface area (Å²) in [4.78, 5) is 16.9. The van der Waals surface area contributed by atoms with Gasteiger partial charge in [-0.15, -0.1) is 0 Å². The molecule has 5 heteroatoms. The Morgan fingerprint density at radius 2 is 2.10 bits per heavy atom. The van der Waals surface area contributed by atoms with Gasteiger partial charge in [-0.3, -0.25) is 4.79 Å². The van der Waals surface area contributed by atoms with Crippen molar-refractivity contribution in [2.75, 3.05) is 39.3 Å². The van der Waals surface area contributed by atoms with Crippen LogP contribution in [0.15, 0.2) is 18.2 Å². The van der Waals surface area contributed by atoms with Crippen LogP contribution in [0.4, 0.5) is 0 Å². The number of carbonyl (C=O) groups excluding carboxylic acids is 1. The van der Waals surface area contributed by atoms with Gasteiger partial charge in [0, 0.05) is 25.2 Å². The molecule has 1 aromatic carbocycles. The van der Waals surface area contributed by atoms with Gasteiger partial charge in [0.1, 0.15) is 5.75 Å². The van der Waals surface area contributed by atoms with E-state index >= 15 is 0 Å². The van der Waals surface area contributed by atoms with Crippen LogP contribution in [0.25, 0.3) is 0 Å². The molecule has 0 aliphatic carbocycles. The van der Waals surface area contributed by atoms with Gasteiger partial charge in [-0.1, -0.05) is 0 Å². The van der Waals surface area contributed by atoms with Crippen molar-refractivity contribution in [3.05, 3.63) is 29.3 Å². The predicted octanol–water partition coefficient (Wildman–Crippen LogP) is 1.20. The van der Waals surface area contributed by atoms with Crippen LogP contribution < -0.4 is 5.73 Å². The van der Waals surface area contributed by atoms with E-state index in [-0.39, 0.29) is 11.7 Å². The highest BCUT2D eigenvalue weighted by atomic mass is 16.3. The van der Waals surface area contributed by atoms with Crippen molar-refractivity contribution in [1.82, 2.24) is 9.80 Å². The lowest BCUT2D eigenvalue weighted by molar-refractivity contribution is 0.0760. The number of nitrogens with two attached hydrogens (primary N) is 1. The summed E-state index contributed by atoms with van der Waals surface area (Å²) in [5, 5.41) is 9.45. The molecule has 0 saturated carbocycles. The van der Waals surface area contributed by atoms with Crippen molar-refractivity contribution in [3.63, 3.8) is 0 Å². The molecule has 5 nitrogen and oxygen atoms in total. The first kappa shape index (κ1) is 15.8. The predicted molar refractivity (Wildman–Crippen MR) is 83.5 cm³/mol. The molecule has 0 spiro atoms. The molecule has 1 aliphatic heterocycles. The number of phenols is 1. The molecule has 0 unspecified atom stereocenters. The lowest BCUT2D eigenvalue weighted by Crippen LogP contribution is -2.36. The number of benzene rings is 1. The minimum atomic E-state index is 0.0631. The first-order valence-electron chi connectivity index (χ1n) is 7.63. The highest BCUT2D eigenvalue weighted by molar-refractivity contribution is 5.95. The molecule has 21 heavy (non-hydrogen) atoms. The minimum Gasteiger partial charge on any atom is -0.508 e. The molecule has 0 radical (unpaired) electrons. The number of phenolic OH excluding ortho intramolecular Hbond substituents is 1. The number of hydrogen-bond acceptors (Lipinski definition) is 4. The second-order valence-electron chi connectivity index (χ2n) is 5.63. The van der Waals surface area contributed by atoms with Crippen molar-refractivity contribution in [3.8, 4) is 5.75 Å². The van der Waals surface area contributed by atoms with Gasteiger partial charge in [0.2, 0.25) is 0 Å². The Labute approximate surface area is 126 Å². The molecule has 0 atom stereocenters. The summed E-state index contributed by atoms with van der Waals surface area (Å²) in [5.41, 5.74) is 7.06. The van der Waals surface area contributed by atoms with Crippen molar-refractivity contribution in [1.29, 1.82) is 0 Å². The van der Waals surface area contributed by atoms with E-state index in [0.29, 0.717) is 12.1 Å². The molecule has 1 aromatic rings. The highest BCUT2D eigenvalue weighted by Gasteiger charge is 2.21. The van der Waals surface area contributed by atoms with Crippen LogP contribution >= 0.6 is 0 Å². The number of rotatable bonds is 4. The molecular weight excluding hydrogens is 266 g/mol. The summed E-state index contributed by atoms with van der Waals surface area (Å²) in [6.07, 6.45) is 2.00. The van der Waals surface area contributed by atoms with Gasteiger partial charge in [0.05, 0.1) is 0 Å². The normalized spacial score (nSPS) is 16.8. The van der Waals surface area contributed by atoms with Crippen molar-refractivity contribution >= 4 is 5.91 Å². The van der Waals surface area contributed by atoms with Crippen LogP contribution in [0.2, 0.25) is 0 Å². The molecule has 1 saturated heterocycles. The summed E-state index contributed by atoms with van der Waals surface area (Å²) in [7, 11) is 0. The highest BCUT2D eigenvalue weighted by Crippen LogP contribution is 2.18. The zero-order valence-electron chi connectivity index (χ0n) is 12.7. The lowest BCUT2D eigenvalue weighted by Gasteiger charge is -2.22. The Morgan fingerprint density at radius 1 is 1.29 bits per heavy atom. The maximum Gasteiger partial charge on any atom is 0.254 e. The monoisotopic (exact) mass is 291 g/mol. The van der Waals surface area contributed by atoms with Crippen molar-refractivity contribution < 1.29 is 9.90 Å². The summed E-state index contributed by atoms with van der Waals surface area (Å²) < 4.78 is 0. The third kappa shape index (κ3) is 4.19. The molecule has 3 N–H and O–H groups in total. The van der Waals surface area contributed by atoms with E-state index in [1.54, 1.807) is 18.2 Å². The second-order valence-corrected chi connectivity index (χ2v) is 5.63. The van der Waals surface area contributed by atoms with Crippen LogP contribution in [0, 0.1) is 6.92 Å². The Bertz CT molecular complexity index is 490. The van der Waals surface area contributed by atoms with E-state index in [0.717, 1.165) is 51.1 Å². The largest absolute Gasteiger partial charge is 0.508 e. The van der Waals surface area contributed by atoms with Gasteiger partial charge >= 0.3 is 0 Å². The molecule has 1 heterocycles. The standard InChI is InChI=1S/C16H25N3O2/c1-13-12-14(20)4-5-15(13)16(21)19-9-3-8-18(10-11-19)7-2-6-17/h4-5,12,20H,2-3,6-11,17H2,1H3. The van der Waals surface area contributed by atoms with Crippen LogP contribution in [0.3, 0.4) is 0 Å². The van der Waals surface area contributed by atoms with E-state index in [9.17, 15) is 9.90 Å². The maximum absolute atomic E-state index is 12.6. The Morgan fingerprint density at radius 3 is 2.81 bits per heavy atom. The molecule has 1 fully saturated rings. The minimum absolute atomic E-state index is 0.0631. The molecule has 116 valence electrons. The molecule has 0 bridgehead atoms. The van der Waals surface area contributed by atoms with Gasteiger partial charge in [-0.05, 0) is 63.2 Å². The first-order valence-corrected chi connectivity index (χ1v) is 7.63. The Balaban J connectivity index is 1.99. The van der Waals surface area contributed by atoms with Gasteiger partial charge in [-0.25, -0.2) is 0 Å². The number of hydrogen-bond donors (Lipinski definition) is 2. The third-order valence-corrected chi connectivity index (χ3v) is 3.99. The van der Waals surface area contributed by atoms with Gasteiger partial charge < -0.3 is 20.6 Å².